The van der Waals surface area contributed by atoms with Gasteiger partial charge in [-0.05, 0) is 43.9 Å². The fourth-order valence-corrected chi connectivity index (χ4v) is 5.51. The summed E-state index contributed by atoms with van der Waals surface area (Å²) in [5.74, 6) is 0.0433. The number of likely N-dealkylation sites (tertiary alicyclic amines) is 1. The molecular weight excluding hydrogens is 404 g/mol. The molecule has 0 unspecified atom stereocenters. The number of carbonyl (C=O) groups excluding carboxylic acids is 2. The van der Waals surface area contributed by atoms with E-state index in [-0.39, 0.29) is 24.6 Å². The quantitative estimate of drug-likeness (QED) is 0.512. The maximum Gasteiger partial charge on any atom is 0.317 e. The van der Waals surface area contributed by atoms with Gasteiger partial charge in [0.1, 0.15) is 6.61 Å². The number of ether oxygens (including phenoxy) is 1. The zero-order valence-corrected chi connectivity index (χ0v) is 19.3. The standard InChI is InChI=1S/C25H34N4O3/c1-5-11-29-14-17(26-25(31)28(6-2)7-3)12-19-18-9-8-10-21-24(18)20(13-23(19)29)22(27-21)15-32-16(4)30/h5,8-10,17,19,23,27H,1,6-7,11-15H2,2-4H3,(H,26,31)/t17-,19+,23+/m0/s1. The number of aromatic nitrogens is 1. The smallest absolute Gasteiger partial charge is 0.317 e. The van der Waals surface area contributed by atoms with Crippen molar-refractivity contribution in [3.8, 4) is 0 Å². The second kappa shape index (κ2) is 9.36. The third kappa shape index (κ3) is 4.13. The number of rotatable bonds is 7. The van der Waals surface area contributed by atoms with Crippen LogP contribution in [0.25, 0.3) is 10.9 Å². The predicted molar refractivity (Wildman–Crippen MR) is 126 cm³/mol. The van der Waals surface area contributed by atoms with Crippen molar-refractivity contribution in [1.82, 2.24) is 20.1 Å². The van der Waals surface area contributed by atoms with Gasteiger partial charge in [0, 0.05) is 62.0 Å². The highest BCUT2D eigenvalue weighted by molar-refractivity contribution is 5.90. The van der Waals surface area contributed by atoms with E-state index < -0.39 is 0 Å². The zero-order chi connectivity index (χ0) is 22.8. The van der Waals surface area contributed by atoms with E-state index in [1.165, 1.54) is 23.4 Å². The monoisotopic (exact) mass is 438 g/mol. The SMILES string of the molecule is C=CCN1C[C@@H](NC(=O)N(CC)CC)C[C@@H]2c3cccc4[nH]c(COC(C)=O)c(c34)C[C@H]21. The van der Waals surface area contributed by atoms with Crippen LogP contribution in [0.2, 0.25) is 0 Å². The molecule has 3 atom stereocenters. The van der Waals surface area contributed by atoms with E-state index in [2.05, 4.69) is 40.0 Å². The van der Waals surface area contributed by atoms with Gasteiger partial charge < -0.3 is 19.9 Å². The third-order valence-corrected chi connectivity index (χ3v) is 6.95. The summed E-state index contributed by atoms with van der Waals surface area (Å²) in [6, 6.07) is 6.81. The van der Waals surface area contributed by atoms with Crippen LogP contribution in [0.5, 0.6) is 0 Å². The van der Waals surface area contributed by atoms with Crippen molar-refractivity contribution < 1.29 is 14.3 Å². The number of amides is 2. The van der Waals surface area contributed by atoms with Crippen molar-refractivity contribution in [2.45, 2.75) is 58.2 Å². The first kappa shape index (κ1) is 22.4. The van der Waals surface area contributed by atoms with Gasteiger partial charge in [0.15, 0.2) is 0 Å². The molecule has 2 aliphatic rings. The number of piperidine rings is 1. The van der Waals surface area contributed by atoms with Crippen molar-refractivity contribution in [2.75, 3.05) is 26.2 Å². The Labute approximate surface area is 189 Å². The lowest BCUT2D eigenvalue weighted by atomic mass is 9.73. The lowest BCUT2D eigenvalue weighted by molar-refractivity contribution is -0.142. The molecule has 7 nitrogen and oxygen atoms in total. The minimum absolute atomic E-state index is 0.0111. The fraction of sp³-hybridized carbons (Fsp3) is 0.520. The van der Waals surface area contributed by atoms with Gasteiger partial charge in [-0.25, -0.2) is 4.79 Å². The van der Waals surface area contributed by atoms with Crippen LogP contribution >= 0.6 is 0 Å². The number of H-pyrrole nitrogens is 1. The van der Waals surface area contributed by atoms with Crippen molar-refractivity contribution >= 4 is 22.9 Å². The number of aromatic amines is 1. The van der Waals surface area contributed by atoms with Gasteiger partial charge in [0.05, 0.1) is 5.69 Å². The van der Waals surface area contributed by atoms with E-state index >= 15 is 0 Å². The summed E-state index contributed by atoms with van der Waals surface area (Å²) in [5.41, 5.74) is 4.63. The van der Waals surface area contributed by atoms with Gasteiger partial charge >= 0.3 is 12.0 Å². The Balaban J connectivity index is 1.67. The molecule has 2 aromatic rings. The van der Waals surface area contributed by atoms with Crippen LogP contribution in [-0.4, -0.2) is 65.0 Å². The second-order valence-electron chi connectivity index (χ2n) is 8.81. The maximum atomic E-state index is 12.7. The molecule has 1 saturated heterocycles. The van der Waals surface area contributed by atoms with Gasteiger partial charge in [-0.3, -0.25) is 9.69 Å². The predicted octanol–water partition coefficient (Wildman–Crippen LogP) is 3.55. The van der Waals surface area contributed by atoms with Crippen LogP contribution in [0.15, 0.2) is 30.9 Å². The number of esters is 1. The Bertz CT molecular complexity index is 1010. The molecule has 1 aliphatic heterocycles. The van der Waals surface area contributed by atoms with Crippen LogP contribution in [0.1, 0.15) is 49.9 Å². The summed E-state index contributed by atoms with van der Waals surface area (Å²) >= 11 is 0. The zero-order valence-electron chi connectivity index (χ0n) is 19.3. The summed E-state index contributed by atoms with van der Waals surface area (Å²) in [7, 11) is 0. The third-order valence-electron chi connectivity index (χ3n) is 6.95. The highest BCUT2D eigenvalue weighted by Gasteiger charge is 2.41. The number of urea groups is 1. The minimum Gasteiger partial charge on any atom is -0.459 e. The molecule has 0 saturated carbocycles. The first-order valence-corrected chi connectivity index (χ1v) is 11.6. The molecule has 172 valence electrons. The molecule has 0 bridgehead atoms. The highest BCUT2D eigenvalue weighted by atomic mass is 16.5. The fourth-order valence-electron chi connectivity index (χ4n) is 5.51. The molecule has 7 heteroatoms. The highest BCUT2D eigenvalue weighted by Crippen LogP contribution is 2.44. The molecular formula is C25H34N4O3. The molecule has 32 heavy (non-hydrogen) atoms. The second-order valence-corrected chi connectivity index (χ2v) is 8.81. The summed E-state index contributed by atoms with van der Waals surface area (Å²) in [6.07, 6.45) is 3.75. The molecule has 2 heterocycles. The first-order valence-electron chi connectivity index (χ1n) is 11.6. The summed E-state index contributed by atoms with van der Waals surface area (Å²) < 4.78 is 5.33. The van der Waals surface area contributed by atoms with E-state index in [0.717, 1.165) is 37.1 Å². The van der Waals surface area contributed by atoms with E-state index in [1.807, 2.05) is 24.8 Å². The Morgan fingerprint density at radius 1 is 1.34 bits per heavy atom. The van der Waals surface area contributed by atoms with E-state index in [0.29, 0.717) is 25.0 Å². The van der Waals surface area contributed by atoms with Gasteiger partial charge in [-0.2, -0.15) is 0 Å². The molecule has 1 fully saturated rings. The molecule has 0 spiro atoms. The largest absolute Gasteiger partial charge is 0.459 e. The molecule has 0 radical (unpaired) electrons. The number of nitrogens with zero attached hydrogens (tertiary/aromatic N) is 2. The summed E-state index contributed by atoms with van der Waals surface area (Å²) in [4.78, 5) is 31.9. The minimum atomic E-state index is -0.275. The lowest BCUT2D eigenvalue weighted by Gasteiger charge is -2.47. The van der Waals surface area contributed by atoms with Crippen LogP contribution in [0.3, 0.4) is 0 Å². The average Bonchev–Trinajstić information content (AvgIpc) is 3.13. The first-order chi connectivity index (χ1) is 15.5. The van der Waals surface area contributed by atoms with E-state index in [1.54, 1.807) is 0 Å². The summed E-state index contributed by atoms with van der Waals surface area (Å²) in [6.45, 7) is 12.7. The Kier molecular flexibility index (Phi) is 6.55. The van der Waals surface area contributed by atoms with E-state index in [4.69, 9.17) is 4.74 Å². The molecule has 1 aromatic heterocycles. The lowest BCUT2D eigenvalue weighted by Crippen LogP contribution is -2.57. The number of hydrogen-bond donors (Lipinski definition) is 2. The van der Waals surface area contributed by atoms with Gasteiger partial charge in [0.25, 0.3) is 0 Å². The molecule has 2 N–H and O–H groups in total. The van der Waals surface area contributed by atoms with Crippen LogP contribution in [0, 0.1) is 0 Å². The Hall–Kier alpha value is -2.80. The van der Waals surface area contributed by atoms with Gasteiger partial charge in [-0.15, -0.1) is 6.58 Å². The van der Waals surface area contributed by atoms with Crippen molar-refractivity contribution in [3.63, 3.8) is 0 Å². The Morgan fingerprint density at radius 3 is 2.81 bits per heavy atom. The van der Waals surface area contributed by atoms with Crippen LogP contribution < -0.4 is 5.32 Å². The number of nitrogens with one attached hydrogen (secondary N) is 2. The topological polar surface area (TPSA) is 77.7 Å². The number of benzene rings is 1. The van der Waals surface area contributed by atoms with Crippen LogP contribution in [0.4, 0.5) is 4.79 Å². The normalized spacial score (nSPS) is 22.3. The molecule has 1 aliphatic carbocycles. The van der Waals surface area contributed by atoms with Crippen LogP contribution in [-0.2, 0) is 22.6 Å². The molecule has 4 rings (SSSR count). The van der Waals surface area contributed by atoms with Crippen molar-refractivity contribution in [2.24, 2.45) is 0 Å². The molecule has 1 aromatic carbocycles. The van der Waals surface area contributed by atoms with Crippen molar-refractivity contribution in [3.05, 3.63) is 47.7 Å². The van der Waals surface area contributed by atoms with E-state index in [9.17, 15) is 9.59 Å². The van der Waals surface area contributed by atoms with Gasteiger partial charge in [0.2, 0.25) is 0 Å². The molecule has 2 amide bonds. The van der Waals surface area contributed by atoms with Gasteiger partial charge in [-0.1, -0.05) is 18.2 Å². The number of hydrogen-bond acceptors (Lipinski definition) is 4. The average molecular weight is 439 g/mol. The summed E-state index contributed by atoms with van der Waals surface area (Å²) in [5, 5.41) is 4.54. The number of fused-ring (bicyclic) bond motifs is 2. The van der Waals surface area contributed by atoms with Crippen molar-refractivity contribution in [1.29, 1.82) is 0 Å². The maximum absolute atomic E-state index is 12.7. The Morgan fingerprint density at radius 2 is 2.12 bits per heavy atom. The number of carbonyl (C=O) groups is 2.